The molecule has 4 aromatic rings. The van der Waals surface area contributed by atoms with E-state index in [9.17, 15) is 8.42 Å². The van der Waals surface area contributed by atoms with Gasteiger partial charge in [-0.2, -0.15) is 0 Å². The molecule has 0 unspecified atom stereocenters. The number of nitrogens with one attached hydrogen (secondary N) is 1. The Kier molecular flexibility index (Phi) is 4.65. The van der Waals surface area contributed by atoms with Gasteiger partial charge in [0, 0.05) is 5.56 Å². The quantitative estimate of drug-likeness (QED) is 0.472. The van der Waals surface area contributed by atoms with E-state index in [1.165, 1.54) is 0 Å². The standard InChI is InChI=1S/C24H21NO2S/c1-17-7-12-22(13-8-17)28(26,27)25-24-14-9-18(2)15-23(24)21-11-10-19-5-3-4-6-20(19)16-21/h3-16,25H,1-2H3. The molecule has 0 aliphatic rings. The van der Waals surface area contributed by atoms with Crippen LogP contribution in [0.3, 0.4) is 0 Å². The van der Waals surface area contributed by atoms with E-state index in [0.717, 1.165) is 33.0 Å². The lowest BCUT2D eigenvalue weighted by Crippen LogP contribution is -2.13. The van der Waals surface area contributed by atoms with Crippen LogP contribution in [0, 0.1) is 13.8 Å². The Morgan fingerprint density at radius 1 is 0.679 bits per heavy atom. The molecule has 0 aromatic heterocycles. The molecule has 0 atom stereocenters. The fourth-order valence-corrected chi connectivity index (χ4v) is 4.34. The summed E-state index contributed by atoms with van der Waals surface area (Å²) in [5, 5.41) is 2.27. The molecule has 140 valence electrons. The van der Waals surface area contributed by atoms with Gasteiger partial charge in [-0.25, -0.2) is 8.42 Å². The van der Waals surface area contributed by atoms with Crippen LogP contribution in [-0.4, -0.2) is 8.42 Å². The second-order valence-corrected chi connectivity index (χ2v) is 8.71. The molecule has 3 nitrogen and oxygen atoms in total. The van der Waals surface area contributed by atoms with E-state index in [0.29, 0.717) is 5.69 Å². The van der Waals surface area contributed by atoms with Gasteiger partial charge < -0.3 is 0 Å². The summed E-state index contributed by atoms with van der Waals surface area (Å²) in [6.45, 7) is 3.93. The second kappa shape index (κ2) is 7.13. The zero-order valence-electron chi connectivity index (χ0n) is 15.8. The maximum Gasteiger partial charge on any atom is 0.261 e. The molecule has 4 heteroatoms. The molecule has 4 aromatic carbocycles. The molecule has 4 rings (SSSR count). The number of anilines is 1. The normalized spacial score (nSPS) is 11.5. The molecule has 0 heterocycles. The minimum absolute atomic E-state index is 0.253. The van der Waals surface area contributed by atoms with Crippen LogP contribution in [0.15, 0.2) is 89.8 Å². The highest BCUT2D eigenvalue weighted by atomic mass is 32.2. The summed E-state index contributed by atoms with van der Waals surface area (Å²) in [4.78, 5) is 0.253. The van der Waals surface area contributed by atoms with Crippen LogP contribution in [0.25, 0.3) is 21.9 Å². The smallest absolute Gasteiger partial charge is 0.261 e. The SMILES string of the molecule is Cc1ccc(S(=O)(=O)Nc2ccc(C)cc2-c2ccc3ccccc3c2)cc1. The van der Waals surface area contributed by atoms with E-state index in [1.54, 1.807) is 24.3 Å². The summed E-state index contributed by atoms with van der Waals surface area (Å²) in [5.74, 6) is 0. The lowest BCUT2D eigenvalue weighted by Gasteiger charge is -2.14. The number of aryl methyl sites for hydroxylation is 2. The van der Waals surface area contributed by atoms with Crippen molar-refractivity contribution in [2.24, 2.45) is 0 Å². The van der Waals surface area contributed by atoms with Gasteiger partial charge in [0.05, 0.1) is 10.6 Å². The van der Waals surface area contributed by atoms with Gasteiger partial charge in [-0.05, 0) is 60.5 Å². The van der Waals surface area contributed by atoms with Crippen molar-refractivity contribution in [2.45, 2.75) is 18.7 Å². The van der Waals surface area contributed by atoms with Gasteiger partial charge in [0.2, 0.25) is 0 Å². The number of rotatable bonds is 4. The van der Waals surface area contributed by atoms with Gasteiger partial charge in [0.25, 0.3) is 10.0 Å². The molecule has 0 amide bonds. The average molecular weight is 388 g/mol. The molecule has 28 heavy (non-hydrogen) atoms. The summed E-state index contributed by atoms with van der Waals surface area (Å²) in [7, 11) is -3.67. The number of sulfonamides is 1. The van der Waals surface area contributed by atoms with Crippen molar-refractivity contribution in [2.75, 3.05) is 4.72 Å². The number of hydrogen-bond donors (Lipinski definition) is 1. The van der Waals surface area contributed by atoms with Crippen LogP contribution in [0.5, 0.6) is 0 Å². The number of fused-ring (bicyclic) bond motifs is 1. The molecular weight excluding hydrogens is 366 g/mol. The predicted molar refractivity (Wildman–Crippen MR) is 116 cm³/mol. The second-order valence-electron chi connectivity index (χ2n) is 7.03. The number of benzene rings is 4. The summed E-state index contributed by atoms with van der Waals surface area (Å²) >= 11 is 0. The van der Waals surface area contributed by atoms with Crippen LogP contribution in [0.2, 0.25) is 0 Å². The van der Waals surface area contributed by atoms with Crippen molar-refractivity contribution in [3.63, 3.8) is 0 Å². The van der Waals surface area contributed by atoms with E-state index in [2.05, 4.69) is 29.0 Å². The van der Waals surface area contributed by atoms with Crippen molar-refractivity contribution in [3.8, 4) is 11.1 Å². The molecule has 0 fully saturated rings. The van der Waals surface area contributed by atoms with Crippen molar-refractivity contribution in [1.82, 2.24) is 0 Å². The summed E-state index contributed by atoms with van der Waals surface area (Å²) in [6, 6.07) is 26.9. The van der Waals surface area contributed by atoms with E-state index in [-0.39, 0.29) is 4.90 Å². The largest absolute Gasteiger partial charge is 0.279 e. The molecule has 0 aliphatic heterocycles. The summed E-state index contributed by atoms with van der Waals surface area (Å²) < 4.78 is 28.5. The first-order valence-electron chi connectivity index (χ1n) is 9.12. The predicted octanol–water partition coefficient (Wildman–Crippen LogP) is 5.92. The fraction of sp³-hybridized carbons (Fsp3) is 0.0833. The van der Waals surface area contributed by atoms with Crippen molar-refractivity contribution in [1.29, 1.82) is 0 Å². The third kappa shape index (κ3) is 3.64. The fourth-order valence-electron chi connectivity index (χ4n) is 3.26. The Bertz CT molecular complexity index is 1260. The Labute approximate surface area is 165 Å². The summed E-state index contributed by atoms with van der Waals surface area (Å²) in [6.07, 6.45) is 0. The average Bonchev–Trinajstić information content (AvgIpc) is 2.69. The van der Waals surface area contributed by atoms with Gasteiger partial charge in [-0.3, -0.25) is 4.72 Å². The third-order valence-electron chi connectivity index (χ3n) is 4.81. The van der Waals surface area contributed by atoms with Crippen LogP contribution in [0.4, 0.5) is 5.69 Å². The zero-order valence-corrected chi connectivity index (χ0v) is 16.6. The molecule has 0 spiro atoms. The van der Waals surface area contributed by atoms with Crippen LogP contribution in [0.1, 0.15) is 11.1 Å². The van der Waals surface area contributed by atoms with Crippen LogP contribution < -0.4 is 4.72 Å². The molecule has 0 aliphatic carbocycles. The maximum absolute atomic E-state index is 12.9. The topological polar surface area (TPSA) is 46.2 Å². The highest BCUT2D eigenvalue weighted by Crippen LogP contribution is 2.32. The minimum atomic E-state index is -3.67. The zero-order chi connectivity index (χ0) is 19.7. The molecule has 0 saturated heterocycles. The van der Waals surface area contributed by atoms with Gasteiger partial charge in [-0.15, -0.1) is 0 Å². The first-order chi connectivity index (χ1) is 13.4. The Morgan fingerprint density at radius 2 is 1.36 bits per heavy atom. The van der Waals surface area contributed by atoms with E-state index in [4.69, 9.17) is 0 Å². The van der Waals surface area contributed by atoms with Crippen molar-refractivity contribution < 1.29 is 8.42 Å². The summed E-state index contributed by atoms with van der Waals surface area (Å²) in [5.41, 5.74) is 4.50. The van der Waals surface area contributed by atoms with Gasteiger partial charge >= 0.3 is 0 Å². The van der Waals surface area contributed by atoms with Gasteiger partial charge in [0.1, 0.15) is 0 Å². The first-order valence-corrected chi connectivity index (χ1v) is 10.6. The van der Waals surface area contributed by atoms with E-state index < -0.39 is 10.0 Å². The highest BCUT2D eigenvalue weighted by molar-refractivity contribution is 7.92. The lowest BCUT2D eigenvalue weighted by molar-refractivity contribution is 0.601. The van der Waals surface area contributed by atoms with Gasteiger partial charge in [-0.1, -0.05) is 65.7 Å². The minimum Gasteiger partial charge on any atom is -0.279 e. The molecular formula is C24H21NO2S. The van der Waals surface area contributed by atoms with Crippen molar-refractivity contribution >= 4 is 26.5 Å². The van der Waals surface area contributed by atoms with Crippen LogP contribution in [-0.2, 0) is 10.0 Å². The lowest BCUT2D eigenvalue weighted by atomic mass is 9.98. The Hall–Kier alpha value is -3.11. The monoisotopic (exact) mass is 387 g/mol. The maximum atomic E-state index is 12.9. The Balaban J connectivity index is 1.79. The Morgan fingerprint density at radius 3 is 2.11 bits per heavy atom. The number of hydrogen-bond acceptors (Lipinski definition) is 2. The van der Waals surface area contributed by atoms with Crippen molar-refractivity contribution in [3.05, 3.63) is 96.1 Å². The molecule has 0 radical (unpaired) electrons. The van der Waals surface area contributed by atoms with Gasteiger partial charge in [0.15, 0.2) is 0 Å². The third-order valence-corrected chi connectivity index (χ3v) is 6.19. The molecule has 0 bridgehead atoms. The van der Waals surface area contributed by atoms with Crippen LogP contribution >= 0.6 is 0 Å². The first kappa shape index (κ1) is 18.3. The van der Waals surface area contributed by atoms with E-state index in [1.807, 2.05) is 50.2 Å². The van der Waals surface area contributed by atoms with E-state index >= 15 is 0 Å². The molecule has 1 N–H and O–H groups in total. The molecule has 0 saturated carbocycles. The highest BCUT2D eigenvalue weighted by Gasteiger charge is 2.17.